The molecule has 0 atom stereocenters. The van der Waals surface area contributed by atoms with E-state index < -0.39 is 0 Å². The molecule has 0 saturated heterocycles. The van der Waals surface area contributed by atoms with E-state index in [2.05, 4.69) is 23.5 Å². The van der Waals surface area contributed by atoms with Crippen molar-refractivity contribution < 1.29 is 9.53 Å². The summed E-state index contributed by atoms with van der Waals surface area (Å²) in [7, 11) is 1.63. The van der Waals surface area contributed by atoms with Gasteiger partial charge in [0.2, 0.25) is 5.91 Å². The zero-order valence-electron chi connectivity index (χ0n) is 10.3. The standard InChI is InChI=1S/C14H19NO2/c1-17-8-7-15-14(16)10-11-5-6-12-3-2-4-13(12)9-11/h5-6,9H,2-4,7-8,10H2,1H3,(H,15,16). The quantitative estimate of drug-likeness (QED) is 0.782. The van der Waals surface area contributed by atoms with E-state index in [0.29, 0.717) is 19.6 Å². The topological polar surface area (TPSA) is 38.3 Å². The number of fused-ring (bicyclic) bond motifs is 1. The highest BCUT2D eigenvalue weighted by atomic mass is 16.5. The van der Waals surface area contributed by atoms with Crippen molar-refractivity contribution in [2.75, 3.05) is 20.3 Å². The Morgan fingerprint density at radius 1 is 1.35 bits per heavy atom. The lowest BCUT2D eigenvalue weighted by atomic mass is 10.0. The average molecular weight is 233 g/mol. The van der Waals surface area contributed by atoms with Crippen molar-refractivity contribution in [3.05, 3.63) is 34.9 Å². The van der Waals surface area contributed by atoms with Crippen molar-refractivity contribution in [1.82, 2.24) is 5.32 Å². The normalized spacial score (nSPS) is 13.5. The molecular weight excluding hydrogens is 214 g/mol. The second-order valence-corrected chi connectivity index (χ2v) is 4.48. The highest BCUT2D eigenvalue weighted by Crippen LogP contribution is 2.22. The molecule has 0 radical (unpaired) electrons. The Kier molecular flexibility index (Phi) is 4.15. The molecule has 92 valence electrons. The molecule has 3 nitrogen and oxygen atoms in total. The Labute approximate surface area is 102 Å². The molecule has 1 amide bonds. The second kappa shape index (κ2) is 5.82. The molecule has 0 aliphatic heterocycles. The van der Waals surface area contributed by atoms with Gasteiger partial charge in [-0.25, -0.2) is 0 Å². The van der Waals surface area contributed by atoms with Crippen LogP contribution in [0.4, 0.5) is 0 Å². The smallest absolute Gasteiger partial charge is 0.224 e. The predicted octanol–water partition coefficient (Wildman–Crippen LogP) is 1.48. The van der Waals surface area contributed by atoms with Gasteiger partial charge in [0.05, 0.1) is 13.0 Å². The Bertz CT molecular complexity index is 401. The minimum absolute atomic E-state index is 0.0694. The molecule has 0 fully saturated rings. The zero-order valence-corrected chi connectivity index (χ0v) is 10.3. The maximum absolute atomic E-state index is 11.6. The third-order valence-corrected chi connectivity index (χ3v) is 3.16. The number of methoxy groups -OCH3 is 1. The predicted molar refractivity (Wildman–Crippen MR) is 67.1 cm³/mol. The van der Waals surface area contributed by atoms with Crippen LogP contribution in [0.5, 0.6) is 0 Å². The Hall–Kier alpha value is -1.35. The number of nitrogens with one attached hydrogen (secondary N) is 1. The van der Waals surface area contributed by atoms with Crippen LogP contribution in [0.25, 0.3) is 0 Å². The van der Waals surface area contributed by atoms with Crippen molar-refractivity contribution >= 4 is 5.91 Å². The number of aryl methyl sites for hydroxylation is 2. The maximum atomic E-state index is 11.6. The van der Waals surface area contributed by atoms with Crippen LogP contribution >= 0.6 is 0 Å². The molecule has 0 saturated carbocycles. The van der Waals surface area contributed by atoms with E-state index in [1.165, 1.54) is 24.0 Å². The van der Waals surface area contributed by atoms with Gasteiger partial charge in [-0.15, -0.1) is 0 Å². The molecule has 0 bridgehead atoms. The first-order valence-electron chi connectivity index (χ1n) is 6.16. The number of carbonyl (C=O) groups is 1. The fourth-order valence-corrected chi connectivity index (χ4v) is 2.28. The summed E-state index contributed by atoms with van der Waals surface area (Å²) in [6, 6.07) is 6.42. The highest BCUT2D eigenvalue weighted by Gasteiger charge is 2.11. The molecule has 3 heteroatoms. The SMILES string of the molecule is COCCNC(=O)Cc1ccc2c(c1)CCC2. The van der Waals surface area contributed by atoms with Crippen LogP contribution in [-0.4, -0.2) is 26.2 Å². The van der Waals surface area contributed by atoms with Crippen LogP contribution in [-0.2, 0) is 28.8 Å². The monoisotopic (exact) mass is 233 g/mol. The van der Waals surface area contributed by atoms with Crippen LogP contribution in [0.1, 0.15) is 23.1 Å². The van der Waals surface area contributed by atoms with Gasteiger partial charge in [-0.2, -0.15) is 0 Å². The lowest BCUT2D eigenvalue weighted by Crippen LogP contribution is -2.28. The van der Waals surface area contributed by atoms with E-state index in [4.69, 9.17) is 4.74 Å². The maximum Gasteiger partial charge on any atom is 0.224 e. The summed E-state index contributed by atoms with van der Waals surface area (Å²) in [5, 5.41) is 2.84. The number of amides is 1. The van der Waals surface area contributed by atoms with E-state index in [1.807, 2.05) is 0 Å². The van der Waals surface area contributed by atoms with Gasteiger partial charge in [-0.1, -0.05) is 18.2 Å². The van der Waals surface area contributed by atoms with Crippen LogP contribution < -0.4 is 5.32 Å². The van der Waals surface area contributed by atoms with Gasteiger partial charge in [-0.05, 0) is 36.0 Å². The van der Waals surface area contributed by atoms with Gasteiger partial charge in [0, 0.05) is 13.7 Å². The zero-order chi connectivity index (χ0) is 12.1. The van der Waals surface area contributed by atoms with Crippen molar-refractivity contribution in [2.24, 2.45) is 0 Å². The van der Waals surface area contributed by atoms with Crippen molar-refractivity contribution in [3.63, 3.8) is 0 Å². The average Bonchev–Trinajstić information content (AvgIpc) is 2.76. The molecular formula is C14H19NO2. The largest absolute Gasteiger partial charge is 0.383 e. The van der Waals surface area contributed by atoms with Crippen molar-refractivity contribution in [3.8, 4) is 0 Å². The number of ether oxygens (including phenoxy) is 1. The first-order valence-corrected chi connectivity index (χ1v) is 6.16. The summed E-state index contributed by atoms with van der Waals surface area (Å²) in [6.07, 6.45) is 4.07. The molecule has 1 aliphatic rings. The van der Waals surface area contributed by atoms with Crippen LogP contribution in [0.3, 0.4) is 0 Å². The van der Waals surface area contributed by atoms with E-state index >= 15 is 0 Å². The van der Waals surface area contributed by atoms with Crippen LogP contribution in [0.15, 0.2) is 18.2 Å². The fraction of sp³-hybridized carbons (Fsp3) is 0.500. The lowest BCUT2D eigenvalue weighted by molar-refractivity contribution is -0.120. The highest BCUT2D eigenvalue weighted by molar-refractivity contribution is 5.78. The molecule has 2 rings (SSSR count). The van der Waals surface area contributed by atoms with Gasteiger partial charge < -0.3 is 10.1 Å². The first kappa shape index (κ1) is 12.1. The number of hydrogen-bond acceptors (Lipinski definition) is 2. The van der Waals surface area contributed by atoms with E-state index in [0.717, 1.165) is 12.0 Å². The Balaban J connectivity index is 1.88. The third-order valence-electron chi connectivity index (χ3n) is 3.16. The number of carbonyl (C=O) groups excluding carboxylic acids is 1. The van der Waals surface area contributed by atoms with E-state index in [1.54, 1.807) is 7.11 Å². The van der Waals surface area contributed by atoms with Gasteiger partial charge in [0.25, 0.3) is 0 Å². The molecule has 1 aliphatic carbocycles. The number of rotatable bonds is 5. The van der Waals surface area contributed by atoms with Crippen molar-refractivity contribution in [2.45, 2.75) is 25.7 Å². The summed E-state index contributed by atoms with van der Waals surface area (Å²) in [5.74, 6) is 0.0694. The lowest BCUT2D eigenvalue weighted by Gasteiger charge is -2.06. The minimum atomic E-state index is 0.0694. The molecule has 17 heavy (non-hydrogen) atoms. The minimum Gasteiger partial charge on any atom is -0.383 e. The molecule has 1 N–H and O–H groups in total. The summed E-state index contributed by atoms with van der Waals surface area (Å²) >= 11 is 0. The number of hydrogen-bond donors (Lipinski definition) is 1. The summed E-state index contributed by atoms with van der Waals surface area (Å²) in [5.41, 5.74) is 3.99. The molecule has 0 spiro atoms. The second-order valence-electron chi connectivity index (χ2n) is 4.48. The van der Waals surface area contributed by atoms with Gasteiger partial charge in [0.1, 0.15) is 0 Å². The Morgan fingerprint density at radius 2 is 2.18 bits per heavy atom. The Morgan fingerprint density at radius 3 is 3.00 bits per heavy atom. The molecule has 0 heterocycles. The van der Waals surface area contributed by atoms with Gasteiger partial charge in [-0.3, -0.25) is 4.79 Å². The molecule has 1 aromatic rings. The van der Waals surface area contributed by atoms with Crippen molar-refractivity contribution in [1.29, 1.82) is 0 Å². The van der Waals surface area contributed by atoms with Gasteiger partial charge in [0.15, 0.2) is 0 Å². The third kappa shape index (κ3) is 3.30. The summed E-state index contributed by atoms with van der Waals surface area (Å²) < 4.78 is 4.89. The van der Waals surface area contributed by atoms with Crippen LogP contribution in [0, 0.1) is 0 Å². The molecule has 1 aromatic carbocycles. The fourth-order valence-electron chi connectivity index (χ4n) is 2.28. The van der Waals surface area contributed by atoms with E-state index in [-0.39, 0.29) is 5.91 Å². The van der Waals surface area contributed by atoms with Crippen LogP contribution in [0.2, 0.25) is 0 Å². The number of benzene rings is 1. The summed E-state index contributed by atoms with van der Waals surface area (Å²) in [6.45, 7) is 1.15. The summed E-state index contributed by atoms with van der Waals surface area (Å²) in [4.78, 5) is 11.6. The molecule has 0 unspecified atom stereocenters. The van der Waals surface area contributed by atoms with Gasteiger partial charge >= 0.3 is 0 Å². The van der Waals surface area contributed by atoms with E-state index in [9.17, 15) is 4.79 Å². The molecule has 0 aromatic heterocycles. The first-order chi connectivity index (χ1) is 8.29.